The van der Waals surface area contributed by atoms with Crippen molar-refractivity contribution in [3.05, 3.63) is 28.2 Å². The van der Waals surface area contributed by atoms with Gasteiger partial charge in [0, 0.05) is 23.3 Å². The van der Waals surface area contributed by atoms with Crippen molar-refractivity contribution in [2.24, 2.45) is 0 Å². The first-order valence-corrected chi connectivity index (χ1v) is 7.18. The van der Waals surface area contributed by atoms with Crippen molar-refractivity contribution in [1.82, 2.24) is 0 Å². The van der Waals surface area contributed by atoms with Crippen LogP contribution in [0.1, 0.15) is 37.0 Å². The number of unbranched alkanes of at least 4 members (excludes halogenated alkanes) is 1. The first kappa shape index (κ1) is 16.0. The van der Waals surface area contributed by atoms with Gasteiger partial charge in [0.15, 0.2) is 0 Å². The Bertz CT molecular complexity index is 421. The molecular formula is C14H20BrNO3. The summed E-state index contributed by atoms with van der Waals surface area (Å²) in [5.74, 6) is -0.918. The lowest BCUT2D eigenvalue weighted by Gasteiger charge is -2.11. The molecular weight excluding hydrogens is 310 g/mol. The number of hydrogen-bond donors (Lipinski definition) is 2. The predicted molar refractivity (Wildman–Crippen MR) is 79.9 cm³/mol. The van der Waals surface area contributed by atoms with Gasteiger partial charge in [-0.25, -0.2) is 4.79 Å². The van der Waals surface area contributed by atoms with E-state index in [4.69, 9.17) is 9.84 Å². The average molecular weight is 330 g/mol. The van der Waals surface area contributed by atoms with Crippen molar-refractivity contribution < 1.29 is 14.6 Å². The number of ether oxygens (including phenoxy) is 1. The number of nitrogens with one attached hydrogen (secondary N) is 1. The van der Waals surface area contributed by atoms with Crippen LogP contribution in [0.2, 0.25) is 0 Å². The molecule has 0 radical (unpaired) electrons. The number of carboxylic acids is 1. The molecule has 1 aromatic carbocycles. The van der Waals surface area contributed by atoms with Crippen LogP contribution in [0.3, 0.4) is 0 Å². The largest absolute Gasteiger partial charge is 0.478 e. The fourth-order valence-corrected chi connectivity index (χ4v) is 1.98. The quantitative estimate of drug-likeness (QED) is 0.713. The van der Waals surface area contributed by atoms with Gasteiger partial charge in [-0.2, -0.15) is 0 Å². The van der Waals surface area contributed by atoms with Crippen LogP contribution in [-0.2, 0) is 4.74 Å². The fourth-order valence-electron chi connectivity index (χ4n) is 1.62. The number of carboxylic acid groups (broad SMARTS) is 1. The van der Waals surface area contributed by atoms with Crippen LogP contribution in [0.4, 0.5) is 5.69 Å². The van der Waals surface area contributed by atoms with Crippen molar-refractivity contribution in [2.75, 3.05) is 18.5 Å². The molecule has 0 aliphatic carbocycles. The molecule has 0 heterocycles. The third-order valence-electron chi connectivity index (χ3n) is 2.55. The van der Waals surface area contributed by atoms with Crippen molar-refractivity contribution in [3.63, 3.8) is 0 Å². The molecule has 106 valence electrons. The summed E-state index contributed by atoms with van der Waals surface area (Å²) in [5.41, 5.74) is 0.938. The van der Waals surface area contributed by atoms with Crippen molar-refractivity contribution in [3.8, 4) is 0 Å². The number of carbonyl (C=O) groups is 1. The highest BCUT2D eigenvalue weighted by molar-refractivity contribution is 9.10. The molecule has 0 amide bonds. The molecule has 0 aliphatic rings. The van der Waals surface area contributed by atoms with Crippen LogP contribution in [0.5, 0.6) is 0 Å². The molecule has 0 fully saturated rings. The highest BCUT2D eigenvalue weighted by Crippen LogP contribution is 2.21. The van der Waals surface area contributed by atoms with Gasteiger partial charge in [-0.1, -0.05) is 15.9 Å². The summed E-state index contributed by atoms with van der Waals surface area (Å²) in [5, 5.41) is 12.2. The molecule has 1 rings (SSSR count). The molecule has 0 unspecified atom stereocenters. The molecule has 0 aromatic heterocycles. The monoisotopic (exact) mass is 329 g/mol. The summed E-state index contributed by atoms with van der Waals surface area (Å²) in [6, 6.07) is 5.11. The lowest BCUT2D eigenvalue weighted by atomic mass is 10.1. The lowest BCUT2D eigenvalue weighted by Crippen LogP contribution is -2.09. The van der Waals surface area contributed by atoms with E-state index in [2.05, 4.69) is 21.2 Å². The van der Waals surface area contributed by atoms with Crippen LogP contribution in [0.15, 0.2) is 22.7 Å². The summed E-state index contributed by atoms with van der Waals surface area (Å²) >= 11 is 3.34. The number of hydrogen-bond acceptors (Lipinski definition) is 3. The molecule has 0 saturated carbocycles. The Hall–Kier alpha value is -1.07. The number of rotatable bonds is 8. The maximum Gasteiger partial charge on any atom is 0.337 e. The Morgan fingerprint density at radius 3 is 2.79 bits per heavy atom. The van der Waals surface area contributed by atoms with Gasteiger partial charge in [0.05, 0.1) is 11.7 Å². The molecule has 5 heteroatoms. The Labute approximate surface area is 122 Å². The SMILES string of the molecule is CC(C)OCCCCNc1cc(Br)ccc1C(=O)O. The molecule has 19 heavy (non-hydrogen) atoms. The summed E-state index contributed by atoms with van der Waals surface area (Å²) in [6.07, 6.45) is 2.16. The number of anilines is 1. The van der Waals surface area contributed by atoms with Gasteiger partial charge in [-0.05, 0) is 44.9 Å². The zero-order valence-corrected chi connectivity index (χ0v) is 12.9. The third kappa shape index (κ3) is 6.07. The van der Waals surface area contributed by atoms with E-state index in [9.17, 15) is 4.79 Å². The van der Waals surface area contributed by atoms with E-state index in [1.165, 1.54) is 0 Å². The zero-order valence-electron chi connectivity index (χ0n) is 11.3. The second-order valence-corrected chi connectivity index (χ2v) is 5.46. The van der Waals surface area contributed by atoms with E-state index in [-0.39, 0.29) is 6.10 Å². The van der Waals surface area contributed by atoms with E-state index in [0.29, 0.717) is 11.3 Å². The number of aromatic carboxylic acids is 1. The average Bonchev–Trinajstić information content (AvgIpc) is 2.33. The first-order valence-electron chi connectivity index (χ1n) is 6.39. The van der Waals surface area contributed by atoms with Gasteiger partial charge < -0.3 is 15.2 Å². The van der Waals surface area contributed by atoms with Gasteiger partial charge in [0.25, 0.3) is 0 Å². The molecule has 0 atom stereocenters. The Morgan fingerprint density at radius 1 is 1.42 bits per heavy atom. The third-order valence-corrected chi connectivity index (χ3v) is 3.04. The normalized spacial score (nSPS) is 10.7. The molecule has 0 spiro atoms. The highest BCUT2D eigenvalue weighted by Gasteiger charge is 2.09. The van der Waals surface area contributed by atoms with E-state index in [1.807, 2.05) is 13.8 Å². The first-order chi connectivity index (χ1) is 9.00. The Kier molecular flexibility index (Phi) is 6.87. The minimum atomic E-state index is -0.918. The molecule has 0 aliphatic heterocycles. The van der Waals surface area contributed by atoms with Crippen LogP contribution >= 0.6 is 15.9 Å². The van der Waals surface area contributed by atoms with Crippen LogP contribution in [-0.4, -0.2) is 30.3 Å². The lowest BCUT2D eigenvalue weighted by molar-refractivity contribution is 0.0697. The van der Waals surface area contributed by atoms with E-state index < -0.39 is 5.97 Å². The topological polar surface area (TPSA) is 58.6 Å². The molecule has 2 N–H and O–H groups in total. The van der Waals surface area contributed by atoms with E-state index in [0.717, 1.165) is 30.5 Å². The molecule has 1 aromatic rings. The van der Waals surface area contributed by atoms with Crippen molar-refractivity contribution in [1.29, 1.82) is 0 Å². The summed E-state index contributed by atoms with van der Waals surface area (Å²) in [7, 11) is 0. The number of halogens is 1. The second-order valence-electron chi connectivity index (χ2n) is 4.55. The maximum absolute atomic E-state index is 11.1. The highest BCUT2D eigenvalue weighted by atomic mass is 79.9. The van der Waals surface area contributed by atoms with Crippen molar-refractivity contribution >= 4 is 27.6 Å². The standard InChI is InChI=1S/C14H20BrNO3/c1-10(2)19-8-4-3-7-16-13-9-11(15)5-6-12(13)14(17)18/h5-6,9-10,16H,3-4,7-8H2,1-2H3,(H,17,18). The molecule has 0 bridgehead atoms. The van der Waals surface area contributed by atoms with Gasteiger partial charge in [0.2, 0.25) is 0 Å². The smallest absolute Gasteiger partial charge is 0.337 e. The second kappa shape index (κ2) is 8.17. The van der Waals surface area contributed by atoms with Gasteiger partial charge in [0.1, 0.15) is 0 Å². The van der Waals surface area contributed by atoms with Gasteiger partial charge >= 0.3 is 5.97 Å². The Balaban J connectivity index is 2.40. The molecule has 0 saturated heterocycles. The maximum atomic E-state index is 11.1. The van der Waals surface area contributed by atoms with Gasteiger partial charge in [-0.3, -0.25) is 0 Å². The summed E-state index contributed by atoms with van der Waals surface area (Å²) in [6.45, 7) is 5.50. The molecule has 4 nitrogen and oxygen atoms in total. The summed E-state index contributed by atoms with van der Waals surface area (Å²) in [4.78, 5) is 11.1. The minimum absolute atomic E-state index is 0.261. The zero-order chi connectivity index (χ0) is 14.3. The summed E-state index contributed by atoms with van der Waals surface area (Å²) < 4.78 is 6.31. The van der Waals surface area contributed by atoms with Crippen LogP contribution < -0.4 is 5.32 Å². The van der Waals surface area contributed by atoms with Gasteiger partial charge in [-0.15, -0.1) is 0 Å². The van der Waals surface area contributed by atoms with E-state index >= 15 is 0 Å². The Morgan fingerprint density at radius 2 is 2.16 bits per heavy atom. The number of benzene rings is 1. The van der Waals surface area contributed by atoms with E-state index in [1.54, 1.807) is 18.2 Å². The fraction of sp³-hybridized carbons (Fsp3) is 0.500. The van der Waals surface area contributed by atoms with Crippen LogP contribution in [0, 0.1) is 0 Å². The predicted octanol–water partition coefficient (Wildman–Crippen LogP) is 3.76. The minimum Gasteiger partial charge on any atom is -0.478 e. The van der Waals surface area contributed by atoms with Crippen LogP contribution in [0.25, 0.3) is 0 Å². The van der Waals surface area contributed by atoms with Crippen molar-refractivity contribution in [2.45, 2.75) is 32.8 Å².